The fraction of sp³-hybridized carbons (Fsp3) is 0.565. The Morgan fingerprint density at radius 1 is 1.11 bits per heavy atom. The molecule has 1 aliphatic heterocycles. The summed E-state index contributed by atoms with van der Waals surface area (Å²) in [5.41, 5.74) is 2.30. The minimum atomic E-state index is -0.524. The third-order valence-electron chi connectivity index (χ3n) is 5.57. The number of aliphatic hydroxyl groups is 1. The lowest BCUT2D eigenvalue weighted by molar-refractivity contribution is -0.129. The van der Waals surface area contributed by atoms with Gasteiger partial charge in [0.2, 0.25) is 0 Å². The Bertz CT molecular complexity index is 740. The number of aliphatic hydroxyl groups excluding tert-OH is 1. The van der Waals surface area contributed by atoms with E-state index in [1.54, 1.807) is 11.8 Å². The molecular formula is C23H34N2O3. The van der Waals surface area contributed by atoms with Gasteiger partial charge in [-0.2, -0.15) is 0 Å². The summed E-state index contributed by atoms with van der Waals surface area (Å²) in [6.07, 6.45) is 0.257. The second kappa shape index (κ2) is 8.91. The number of rotatable bonds is 8. The van der Waals surface area contributed by atoms with Crippen molar-refractivity contribution in [3.63, 3.8) is 0 Å². The Morgan fingerprint density at radius 2 is 1.68 bits per heavy atom. The van der Waals surface area contributed by atoms with E-state index < -0.39 is 17.7 Å². The molecule has 5 heteroatoms. The van der Waals surface area contributed by atoms with Gasteiger partial charge in [-0.25, -0.2) is 0 Å². The highest BCUT2D eigenvalue weighted by atomic mass is 16.3. The van der Waals surface area contributed by atoms with Crippen molar-refractivity contribution < 1.29 is 14.7 Å². The van der Waals surface area contributed by atoms with Crippen molar-refractivity contribution in [1.82, 2.24) is 9.80 Å². The molecule has 154 valence electrons. The van der Waals surface area contributed by atoms with E-state index in [0.717, 1.165) is 18.7 Å². The van der Waals surface area contributed by atoms with Gasteiger partial charge in [-0.05, 0) is 29.6 Å². The van der Waals surface area contributed by atoms with Crippen LogP contribution in [0.25, 0.3) is 0 Å². The van der Waals surface area contributed by atoms with Crippen LogP contribution >= 0.6 is 0 Å². The van der Waals surface area contributed by atoms with E-state index in [1.807, 2.05) is 24.3 Å². The minimum absolute atomic E-state index is 0.0203. The number of likely N-dealkylation sites (N-methyl/N-ethyl adjacent to an activating group) is 1. The standard InChI is InChI=1S/C23H34N2O3/c1-7-18(26)19-20(16-10-12-17(13-11-16)23(4,5)6)25(22(28)21(19)27)15-14-24(8-2)9-3/h10-13,20,27H,7-9,14-15H2,1-6H3. The molecule has 1 aromatic carbocycles. The molecule has 1 amide bonds. The molecule has 1 atom stereocenters. The molecule has 5 nitrogen and oxygen atoms in total. The molecule has 0 saturated heterocycles. The first-order chi connectivity index (χ1) is 13.1. The molecule has 1 N–H and O–H groups in total. The van der Waals surface area contributed by atoms with E-state index in [1.165, 1.54) is 5.56 Å². The summed E-state index contributed by atoms with van der Waals surface area (Å²) >= 11 is 0. The van der Waals surface area contributed by atoms with Gasteiger partial charge in [0.05, 0.1) is 11.6 Å². The number of hydrogen-bond donors (Lipinski definition) is 1. The highest BCUT2D eigenvalue weighted by molar-refractivity contribution is 6.08. The Balaban J connectivity index is 2.42. The van der Waals surface area contributed by atoms with Crippen LogP contribution in [0.15, 0.2) is 35.6 Å². The number of carbonyl (C=O) groups excluding carboxylic acids is 2. The largest absolute Gasteiger partial charge is 0.503 e. The van der Waals surface area contributed by atoms with E-state index in [-0.39, 0.29) is 23.2 Å². The molecule has 0 fully saturated rings. The van der Waals surface area contributed by atoms with Crippen molar-refractivity contribution in [3.8, 4) is 0 Å². The monoisotopic (exact) mass is 386 g/mol. The van der Waals surface area contributed by atoms with Crippen molar-refractivity contribution in [2.45, 2.75) is 59.4 Å². The van der Waals surface area contributed by atoms with Crippen molar-refractivity contribution in [3.05, 3.63) is 46.7 Å². The van der Waals surface area contributed by atoms with Crippen LogP contribution in [0.4, 0.5) is 0 Å². The molecule has 0 aromatic heterocycles. The van der Waals surface area contributed by atoms with E-state index in [2.05, 4.69) is 39.5 Å². The molecule has 28 heavy (non-hydrogen) atoms. The lowest BCUT2D eigenvalue weighted by atomic mass is 9.85. The molecule has 0 spiro atoms. The van der Waals surface area contributed by atoms with Gasteiger partial charge in [0, 0.05) is 19.5 Å². The van der Waals surface area contributed by atoms with Gasteiger partial charge < -0.3 is 14.9 Å². The summed E-state index contributed by atoms with van der Waals surface area (Å²) in [5, 5.41) is 10.5. The van der Waals surface area contributed by atoms with E-state index >= 15 is 0 Å². The summed E-state index contributed by atoms with van der Waals surface area (Å²) in [6, 6.07) is 7.52. The molecule has 0 saturated carbocycles. The molecule has 1 aliphatic rings. The van der Waals surface area contributed by atoms with Crippen LogP contribution in [0.3, 0.4) is 0 Å². The first-order valence-corrected chi connectivity index (χ1v) is 10.3. The maximum absolute atomic E-state index is 12.8. The average Bonchev–Trinajstić information content (AvgIpc) is 2.92. The van der Waals surface area contributed by atoms with Crippen molar-refractivity contribution >= 4 is 11.7 Å². The lowest BCUT2D eigenvalue weighted by Gasteiger charge is -2.30. The van der Waals surface area contributed by atoms with Crippen molar-refractivity contribution in [2.24, 2.45) is 0 Å². The van der Waals surface area contributed by atoms with Gasteiger partial charge in [-0.3, -0.25) is 9.59 Å². The number of ketones is 1. The first kappa shape index (κ1) is 22.2. The van der Waals surface area contributed by atoms with Crippen LogP contribution < -0.4 is 0 Å². The Labute approximate surface area is 169 Å². The van der Waals surface area contributed by atoms with Gasteiger partial charge in [0.15, 0.2) is 11.5 Å². The van der Waals surface area contributed by atoms with E-state index in [9.17, 15) is 14.7 Å². The fourth-order valence-electron chi connectivity index (χ4n) is 3.66. The number of nitrogens with zero attached hydrogens (tertiary/aromatic N) is 2. The van der Waals surface area contributed by atoms with E-state index in [4.69, 9.17) is 0 Å². The third-order valence-corrected chi connectivity index (χ3v) is 5.57. The van der Waals surface area contributed by atoms with Gasteiger partial charge >= 0.3 is 0 Å². The molecule has 1 aromatic rings. The SMILES string of the molecule is CCC(=O)C1=C(O)C(=O)N(CCN(CC)CC)C1c1ccc(C(C)(C)C)cc1. The molecule has 0 aliphatic carbocycles. The number of Topliss-reactive ketones (excluding diaryl/α,β-unsaturated/α-hetero) is 1. The highest BCUT2D eigenvalue weighted by Crippen LogP contribution is 2.38. The highest BCUT2D eigenvalue weighted by Gasteiger charge is 2.42. The number of benzene rings is 1. The summed E-state index contributed by atoms with van der Waals surface area (Å²) in [7, 11) is 0. The molecule has 0 bridgehead atoms. The number of amides is 1. The normalized spacial score (nSPS) is 17.8. The number of carbonyl (C=O) groups is 2. The van der Waals surface area contributed by atoms with Crippen LogP contribution in [0.2, 0.25) is 0 Å². The van der Waals surface area contributed by atoms with Gasteiger partial charge in [0.1, 0.15) is 0 Å². The number of hydrogen-bond acceptors (Lipinski definition) is 4. The molecular weight excluding hydrogens is 352 g/mol. The lowest BCUT2D eigenvalue weighted by Crippen LogP contribution is -2.38. The summed E-state index contributed by atoms with van der Waals surface area (Å²) in [4.78, 5) is 29.2. The third kappa shape index (κ3) is 4.46. The quantitative estimate of drug-likeness (QED) is 0.734. The topological polar surface area (TPSA) is 60.9 Å². The summed E-state index contributed by atoms with van der Waals surface area (Å²) < 4.78 is 0. The van der Waals surface area contributed by atoms with Crippen LogP contribution in [0.5, 0.6) is 0 Å². The van der Waals surface area contributed by atoms with Gasteiger partial charge in [-0.1, -0.05) is 65.8 Å². The zero-order valence-electron chi connectivity index (χ0n) is 18.1. The zero-order valence-corrected chi connectivity index (χ0v) is 18.1. The predicted molar refractivity (Wildman–Crippen MR) is 112 cm³/mol. The molecule has 1 heterocycles. The van der Waals surface area contributed by atoms with Gasteiger partial charge in [0.25, 0.3) is 5.91 Å². The minimum Gasteiger partial charge on any atom is -0.503 e. The van der Waals surface area contributed by atoms with Crippen molar-refractivity contribution in [1.29, 1.82) is 0 Å². The average molecular weight is 387 g/mol. The first-order valence-electron chi connectivity index (χ1n) is 10.3. The second-order valence-electron chi connectivity index (χ2n) is 8.34. The summed E-state index contributed by atoms with van der Waals surface area (Å²) in [5.74, 6) is -1.02. The predicted octanol–water partition coefficient (Wildman–Crippen LogP) is 4.00. The fourth-order valence-corrected chi connectivity index (χ4v) is 3.66. The van der Waals surface area contributed by atoms with Gasteiger partial charge in [-0.15, -0.1) is 0 Å². The van der Waals surface area contributed by atoms with Crippen molar-refractivity contribution in [2.75, 3.05) is 26.2 Å². The van der Waals surface area contributed by atoms with E-state index in [0.29, 0.717) is 13.1 Å². The summed E-state index contributed by atoms with van der Waals surface area (Å²) in [6.45, 7) is 15.3. The zero-order chi connectivity index (χ0) is 21.1. The second-order valence-corrected chi connectivity index (χ2v) is 8.34. The molecule has 1 unspecified atom stereocenters. The maximum atomic E-state index is 12.8. The van der Waals surface area contributed by atoms with Crippen LogP contribution in [0.1, 0.15) is 65.1 Å². The Hall–Kier alpha value is -2.14. The Morgan fingerprint density at radius 3 is 2.14 bits per heavy atom. The Kier molecular flexibility index (Phi) is 7.05. The van der Waals surface area contributed by atoms with Crippen LogP contribution in [-0.2, 0) is 15.0 Å². The molecule has 0 radical (unpaired) electrons. The smallest absolute Gasteiger partial charge is 0.290 e. The maximum Gasteiger partial charge on any atom is 0.290 e. The van der Waals surface area contributed by atoms with Crippen LogP contribution in [0, 0.1) is 0 Å². The van der Waals surface area contributed by atoms with Crippen LogP contribution in [-0.4, -0.2) is 52.8 Å². The molecule has 2 rings (SSSR count).